The van der Waals surface area contributed by atoms with E-state index in [1.165, 1.54) is 0 Å². The molecule has 1 aliphatic rings. The van der Waals surface area contributed by atoms with Gasteiger partial charge in [0, 0.05) is 18.1 Å². The average Bonchev–Trinajstić information content (AvgIpc) is 2.55. The van der Waals surface area contributed by atoms with Gasteiger partial charge < -0.3 is 9.64 Å². The van der Waals surface area contributed by atoms with Crippen LogP contribution in [0.2, 0.25) is 5.02 Å². The molecule has 0 amide bonds. The third-order valence-electron chi connectivity index (χ3n) is 3.97. The standard InChI is InChI=1S/C18H17ClN2O/c1-13-10-16(19)3-4-17(13)14-2-5-18(15(11-14)12-20)21-6-8-22-9-7-21/h2-5,10-11H,6-9H2,1H3. The molecular formula is C18H17ClN2O. The second-order valence-corrected chi connectivity index (χ2v) is 5.84. The Balaban J connectivity index is 1.99. The summed E-state index contributed by atoms with van der Waals surface area (Å²) in [5, 5.41) is 10.2. The number of benzene rings is 2. The van der Waals surface area contributed by atoms with E-state index in [9.17, 15) is 5.26 Å². The van der Waals surface area contributed by atoms with Crippen LogP contribution in [0.4, 0.5) is 5.69 Å². The van der Waals surface area contributed by atoms with Crippen molar-refractivity contribution in [3.63, 3.8) is 0 Å². The van der Waals surface area contributed by atoms with E-state index in [0.717, 1.165) is 40.5 Å². The highest BCUT2D eigenvalue weighted by Gasteiger charge is 2.15. The van der Waals surface area contributed by atoms with E-state index in [2.05, 4.69) is 17.0 Å². The third-order valence-corrected chi connectivity index (χ3v) is 4.20. The molecule has 0 spiro atoms. The molecule has 3 rings (SSSR count). The maximum Gasteiger partial charge on any atom is 0.101 e. The van der Waals surface area contributed by atoms with Gasteiger partial charge in [0.2, 0.25) is 0 Å². The predicted molar refractivity (Wildman–Crippen MR) is 89.4 cm³/mol. The molecule has 1 heterocycles. The summed E-state index contributed by atoms with van der Waals surface area (Å²) >= 11 is 6.02. The molecular weight excluding hydrogens is 296 g/mol. The first-order chi connectivity index (χ1) is 10.7. The van der Waals surface area contributed by atoms with Crippen LogP contribution < -0.4 is 4.90 Å². The van der Waals surface area contributed by atoms with Crippen molar-refractivity contribution in [3.8, 4) is 17.2 Å². The summed E-state index contributed by atoms with van der Waals surface area (Å²) in [5.74, 6) is 0. The third kappa shape index (κ3) is 2.94. The highest BCUT2D eigenvalue weighted by Crippen LogP contribution is 2.30. The van der Waals surface area contributed by atoms with Crippen molar-refractivity contribution in [1.82, 2.24) is 0 Å². The first-order valence-corrected chi connectivity index (χ1v) is 7.70. The molecule has 0 aromatic heterocycles. The van der Waals surface area contributed by atoms with E-state index in [1.54, 1.807) is 0 Å². The maximum atomic E-state index is 9.50. The largest absolute Gasteiger partial charge is 0.378 e. The van der Waals surface area contributed by atoms with Crippen LogP contribution in [0, 0.1) is 18.3 Å². The van der Waals surface area contributed by atoms with Gasteiger partial charge in [-0.25, -0.2) is 0 Å². The molecule has 22 heavy (non-hydrogen) atoms. The monoisotopic (exact) mass is 312 g/mol. The number of anilines is 1. The van der Waals surface area contributed by atoms with Crippen LogP contribution in [0.15, 0.2) is 36.4 Å². The minimum Gasteiger partial charge on any atom is -0.378 e. The van der Waals surface area contributed by atoms with Gasteiger partial charge in [-0.2, -0.15) is 5.26 Å². The van der Waals surface area contributed by atoms with E-state index in [4.69, 9.17) is 16.3 Å². The first kappa shape index (κ1) is 14.9. The number of rotatable bonds is 2. The van der Waals surface area contributed by atoms with Gasteiger partial charge in [0.25, 0.3) is 0 Å². The first-order valence-electron chi connectivity index (χ1n) is 7.32. The zero-order chi connectivity index (χ0) is 15.5. The van der Waals surface area contributed by atoms with Crippen LogP contribution in [0.5, 0.6) is 0 Å². The quantitative estimate of drug-likeness (QED) is 0.840. The van der Waals surface area contributed by atoms with Crippen molar-refractivity contribution in [2.75, 3.05) is 31.2 Å². The van der Waals surface area contributed by atoms with Crippen molar-refractivity contribution in [1.29, 1.82) is 5.26 Å². The number of nitriles is 1. The number of halogens is 1. The van der Waals surface area contributed by atoms with Gasteiger partial charge in [0.05, 0.1) is 24.5 Å². The zero-order valence-electron chi connectivity index (χ0n) is 12.5. The normalized spacial score (nSPS) is 14.7. The smallest absolute Gasteiger partial charge is 0.101 e. The maximum absolute atomic E-state index is 9.50. The SMILES string of the molecule is Cc1cc(Cl)ccc1-c1ccc(N2CCOCC2)c(C#N)c1. The van der Waals surface area contributed by atoms with Gasteiger partial charge in [-0.15, -0.1) is 0 Å². The molecule has 2 aromatic rings. The molecule has 0 saturated carbocycles. The molecule has 0 atom stereocenters. The van der Waals surface area contributed by atoms with E-state index in [0.29, 0.717) is 18.8 Å². The van der Waals surface area contributed by atoms with E-state index in [-0.39, 0.29) is 0 Å². The van der Waals surface area contributed by atoms with Crippen molar-refractivity contribution in [3.05, 3.63) is 52.5 Å². The molecule has 3 nitrogen and oxygen atoms in total. The highest BCUT2D eigenvalue weighted by atomic mass is 35.5. The number of nitrogens with zero attached hydrogens (tertiary/aromatic N) is 2. The Morgan fingerprint density at radius 3 is 2.59 bits per heavy atom. The van der Waals surface area contributed by atoms with Crippen LogP contribution in [-0.2, 0) is 4.74 Å². The van der Waals surface area contributed by atoms with Crippen LogP contribution >= 0.6 is 11.6 Å². The number of hydrogen-bond acceptors (Lipinski definition) is 3. The summed E-state index contributed by atoms with van der Waals surface area (Å²) in [7, 11) is 0. The lowest BCUT2D eigenvalue weighted by atomic mass is 9.98. The lowest BCUT2D eigenvalue weighted by molar-refractivity contribution is 0.122. The van der Waals surface area contributed by atoms with Crippen LogP contribution in [0.25, 0.3) is 11.1 Å². The van der Waals surface area contributed by atoms with Crippen LogP contribution in [0.3, 0.4) is 0 Å². The lowest BCUT2D eigenvalue weighted by Gasteiger charge is -2.29. The number of hydrogen-bond donors (Lipinski definition) is 0. The molecule has 4 heteroatoms. The molecule has 2 aromatic carbocycles. The average molecular weight is 313 g/mol. The fraction of sp³-hybridized carbons (Fsp3) is 0.278. The molecule has 0 N–H and O–H groups in total. The van der Waals surface area contributed by atoms with Crippen LogP contribution in [-0.4, -0.2) is 26.3 Å². The number of morpholine rings is 1. The molecule has 0 radical (unpaired) electrons. The van der Waals surface area contributed by atoms with Gasteiger partial charge in [-0.1, -0.05) is 23.7 Å². The minimum atomic E-state index is 0.703. The molecule has 1 saturated heterocycles. The lowest BCUT2D eigenvalue weighted by Crippen LogP contribution is -2.36. The molecule has 1 aliphatic heterocycles. The molecule has 0 bridgehead atoms. The molecule has 0 aliphatic carbocycles. The van der Waals surface area contributed by atoms with Crippen molar-refractivity contribution in [2.45, 2.75) is 6.92 Å². The van der Waals surface area contributed by atoms with E-state index < -0.39 is 0 Å². The summed E-state index contributed by atoms with van der Waals surface area (Å²) in [4.78, 5) is 2.21. The number of aryl methyl sites for hydroxylation is 1. The summed E-state index contributed by atoms with van der Waals surface area (Å²) in [6.45, 7) is 5.11. The van der Waals surface area contributed by atoms with Gasteiger partial charge >= 0.3 is 0 Å². The summed E-state index contributed by atoms with van der Waals surface area (Å²) in [6, 6.07) is 14.2. The molecule has 1 fully saturated rings. The van der Waals surface area contributed by atoms with Gasteiger partial charge in [-0.05, 0) is 47.9 Å². The second-order valence-electron chi connectivity index (χ2n) is 5.40. The highest BCUT2D eigenvalue weighted by molar-refractivity contribution is 6.30. The Labute approximate surface area is 135 Å². The molecule has 112 valence electrons. The summed E-state index contributed by atoms with van der Waals surface area (Å²) < 4.78 is 5.38. The Bertz CT molecular complexity index is 730. The van der Waals surface area contributed by atoms with Gasteiger partial charge in [-0.3, -0.25) is 0 Å². The Hall–Kier alpha value is -2.02. The molecule has 0 unspecified atom stereocenters. The fourth-order valence-electron chi connectivity index (χ4n) is 2.82. The van der Waals surface area contributed by atoms with E-state index in [1.807, 2.05) is 37.3 Å². The van der Waals surface area contributed by atoms with Gasteiger partial charge in [0.15, 0.2) is 0 Å². The van der Waals surface area contributed by atoms with Crippen molar-refractivity contribution in [2.24, 2.45) is 0 Å². The van der Waals surface area contributed by atoms with Gasteiger partial charge in [0.1, 0.15) is 6.07 Å². The topological polar surface area (TPSA) is 36.3 Å². The summed E-state index contributed by atoms with van der Waals surface area (Å²) in [5.41, 5.74) is 4.95. The Morgan fingerprint density at radius 1 is 1.14 bits per heavy atom. The second kappa shape index (κ2) is 6.39. The zero-order valence-corrected chi connectivity index (χ0v) is 13.2. The van der Waals surface area contributed by atoms with Crippen molar-refractivity contribution >= 4 is 17.3 Å². The van der Waals surface area contributed by atoms with Crippen molar-refractivity contribution < 1.29 is 4.74 Å². The minimum absolute atomic E-state index is 0.703. The number of ether oxygens (including phenoxy) is 1. The predicted octanol–water partition coefficient (Wildman–Crippen LogP) is 4.02. The Morgan fingerprint density at radius 2 is 1.91 bits per heavy atom. The van der Waals surface area contributed by atoms with Crippen LogP contribution in [0.1, 0.15) is 11.1 Å². The summed E-state index contributed by atoms with van der Waals surface area (Å²) in [6.07, 6.45) is 0. The van der Waals surface area contributed by atoms with E-state index >= 15 is 0 Å². The fourth-order valence-corrected chi connectivity index (χ4v) is 3.05. The Kier molecular flexibility index (Phi) is 4.33.